The average Bonchev–Trinajstić information content (AvgIpc) is 2.52. The lowest BCUT2D eigenvalue weighted by Crippen LogP contribution is -2.29. The van der Waals surface area contributed by atoms with Crippen LogP contribution in [0.1, 0.15) is 29.2 Å². The van der Waals surface area contributed by atoms with Crippen LogP contribution < -0.4 is 10.6 Å². The minimum absolute atomic E-state index is 0.220. The van der Waals surface area contributed by atoms with Gasteiger partial charge < -0.3 is 10.6 Å². The maximum absolute atomic E-state index is 12.6. The summed E-state index contributed by atoms with van der Waals surface area (Å²) in [7, 11) is 0. The van der Waals surface area contributed by atoms with Crippen LogP contribution in [0, 0.1) is 20.8 Å². The molecule has 4 nitrogen and oxygen atoms in total. The maximum atomic E-state index is 12.6. The summed E-state index contributed by atoms with van der Waals surface area (Å²) in [5, 5.41) is 5.49. The van der Waals surface area contributed by atoms with Crippen LogP contribution in [0.5, 0.6) is 0 Å². The second kappa shape index (κ2) is 7.59. The molecule has 0 aliphatic heterocycles. The first-order chi connectivity index (χ1) is 11.4. The molecule has 0 unspecified atom stereocenters. The number of benzene rings is 2. The molecule has 2 aromatic carbocycles. The van der Waals surface area contributed by atoms with Gasteiger partial charge in [-0.2, -0.15) is 0 Å². The fourth-order valence-corrected chi connectivity index (χ4v) is 2.31. The molecule has 0 aliphatic rings. The van der Waals surface area contributed by atoms with Crippen LogP contribution in [-0.2, 0) is 9.59 Å². The fourth-order valence-electron chi connectivity index (χ4n) is 2.31. The van der Waals surface area contributed by atoms with Crippen LogP contribution in [0.2, 0.25) is 0 Å². The number of amides is 2. The summed E-state index contributed by atoms with van der Waals surface area (Å²) in [6.45, 7) is 7.24. The highest BCUT2D eigenvalue weighted by Gasteiger charge is 2.13. The summed E-state index contributed by atoms with van der Waals surface area (Å²) in [6.07, 6.45) is 1.69. The van der Waals surface area contributed by atoms with Crippen LogP contribution in [0.3, 0.4) is 0 Å². The van der Waals surface area contributed by atoms with Crippen molar-refractivity contribution < 1.29 is 9.59 Å². The Morgan fingerprint density at radius 1 is 0.958 bits per heavy atom. The molecule has 0 heterocycles. The van der Waals surface area contributed by atoms with Crippen molar-refractivity contribution in [1.29, 1.82) is 0 Å². The van der Waals surface area contributed by atoms with Gasteiger partial charge >= 0.3 is 0 Å². The Bertz CT molecular complexity index is 807. The van der Waals surface area contributed by atoms with Crippen LogP contribution in [0.4, 0.5) is 5.69 Å². The molecular formula is C20H22N2O2. The smallest absolute Gasteiger partial charge is 0.272 e. The predicted molar refractivity (Wildman–Crippen MR) is 97.5 cm³/mol. The Balaban J connectivity index is 2.34. The van der Waals surface area contributed by atoms with Gasteiger partial charge in [0.05, 0.1) is 0 Å². The van der Waals surface area contributed by atoms with E-state index < -0.39 is 0 Å². The van der Waals surface area contributed by atoms with E-state index in [4.69, 9.17) is 0 Å². The Morgan fingerprint density at radius 3 is 2.33 bits per heavy atom. The van der Waals surface area contributed by atoms with Crippen molar-refractivity contribution in [3.63, 3.8) is 0 Å². The lowest BCUT2D eigenvalue weighted by Gasteiger charge is -2.13. The topological polar surface area (TPSA) is 58.2 Å². The molecule has 0 aliphatic carbocycles. The van der Waals surface area contributed by atoms with Gasteiger partial charge in [0.15, 0.2) is 0 Å². The molecule has 124 valence electrons. The Morgan fingerprint density at radius 2 is 1.67 bits per heavy atom. The van der Waals surface area contributed by atoms with Crippen molar-refractivity contribution in [2.24, 2.45) is 0 Å². The number of rotatable bonds is 4. The van der Waals surface area contributed by atoms with Crippen molar-refractivity contribution in [3.05, 3.63) is 70.4 Å². The van der Waals surface area contributed by atoms with Crippen molar-refractivity contribution in [2.45, 2.75) is 27.7 Å². The summed E-state index contributed by atoms with van der Waals surface area (Å²) in [5.74, 6) is -0.631. The van der Waals surface area contributed by atoms with Gasteiger partial charge in [0.25, 0.3) is 5.91 Å². The zero-order valence-corrected chi connectivity index (χ0v) is 14.4. The van der Waals surface area contributed by atoms with Gasteiger partial charge in [0.1, 0.15) is 5.70 Å². The molecule has 0 saturated heterocycles. The van der Waals surface area contributed by atoms with Crippen molar-refractivity contribution in [1.82, 2.24) is 5.32 Å². The number of anilines is 1. The van der Waals surface area contributed by atoms with E-state index in [-0.39, 0.29) is 17.5 Å². The quantitative estimate of drug-likeness (QED) is 0.843. The van der Waals surface area contributed by atoms with E-state index in [1.165, 1.54) is 6.92 Å². The van der Waals surface area contributed by atoms with Crippen LogP contribution >= 0.6 is 0 Å². The SMILES string of the molecule is CC(=O)N/C(=C/c1ccccc1C)C(=O)Nc1cc(C)ccc1C. The zero-order valence-electron chi connectivity index (χ0n) is 14.4. The minimum atomic E-state index is -0.345. The predicted octanol–water partition coefficient (Wildman–Crippen LogP) is 3.73. The highest BCUT2D eigenvalue weighted by molar-refractivity contribution is 6.08. The fraction of sp³-hybridized carbons (Fsp3) is 0.200. The number of aryl methyl sites for hydroxylation is 3. The van der Waals surface area contributed by atoms with E-state index in [0.29, 0.717) is 0 Å². The number of nitrogens with one attached hydrogen (secondary N) is 2. The van der Waals surface area contributed by atoms with Gasteiger partial charge in [-0.1, -0.05) is 36.4 Å². The van der Waals surface area contributed by atoms with Crippen molar-refractivity contribution >= 4 is 23.6 Å². The molecule has 2 amide bonds. The molecule has 4 heteroatoms. The van der Waals surface area contributed by atoms with Gasteiger partial charge in [-0.25, -0.2) is 0 Å². The molecule has 0 fully saturated rings. The molecule has 2 rings (SSSR count). The lowest BCUT2D eigenvalue weighted by atomic mass is 10.1. The third-order valence-electron chi connectivity index (χ3n) is 3.68. The monoisotopic (exact) mass is 322 g/mol. The summed E-state index contributed by atoms with van der Waals surface area (Å²) in [5.41, 5.74) is 4.89. The molecule has 24 heavy (non-hydrogen) atoms. The van der Waals surface area contributed by atoms with E-state index in [1.54, 1.807) is 6.08 Å². The highest BCUT2D eigenvalue weighted by atomic mass is 16.2. The third-order valence-corrected chi connectivity index (χ3v) is 3.68. The number of hydrogen-bond donors (Lipinski definition) is 2. The molecule has 2 aromatic rings. The van der Waals surface area contributed by atoms with Crippen molar-refractivity contribution in [2.75, 3.05) is 5.32 Å². The molecule has 0 radical (unpaired) electrons. The van der Waals surface area contributed by atoms with E-state index in [9.17, 15) is 9.59 Å². The summed E-state index contributed by atoms with van der Waals surface area (Å²) in [6, 6.07) is 13.5. The standard InChI is InChI=1S/C20H22N2O2/c1-13-9-10-15(3)18(11-13)22-20(24)19(21-16(4)23)12-17-8-6-5-7-14(17)2/h5-12H,1-4H3,(H,21,23)(H,22,24)/b19-12+. The zero-order chi connectivity index (χ0) is 17.7. The lowest BCUT2D eigenvalue weighted by molar-refractivity contribution is -0.120. The second-order valence-electron chi connectivity index (χ2n) is 5.87. The molecule has 2 N–H and O–H groups in total. The minimum Gasteiger partial charge on any atom is -0.322 e. The molecule has 0 bridgehead atoms. The van der Waals surface area contributed by atoms with E-state index in [2.05, 4.69) is 10.6 Å². The molecule has 0 spiro atoms. The maximum Gasteiger partial charge on any atom is 0.272 e. The van der Waals surface area contributed by atoms with Gasteiger partial charge in [0, 0.05) is 12.6 Å². The molecular weight excluding hydrogens is 300 g/mol. The normalized spacial score (nSPS) is 11.1. The number of hydrogen-bond acceptors (Lipinski definition) is 2. The molecule has 0 aromatic heterocycles. The first-order valence-corrected chi connectivity index (χ1v) is 7.80. The van der Waals surface area contributed by atoms with E-state index in [1.807, 2.05) is 63.2 Å². The summed E-state index contributed by atoms with van der Waals surface area (Å²) in [4.78, 5) is 24.1. The van der Waals surface area contributed by atoms with Crippen LogP contribution in [-0.4, -0.2) is 11.8 Å². The first kappa shape index (κ1) is 17.5. The molecule has 0 atom stereocenters. The summed E-state index contributed by atoms with van der Waals surface area (Å²) < 4.78 is 0. The third kappa shape index (κ3) is 4.56. The average molecular weight is 322 g/mol. The number of carbonyl (C=O) groups is 2. The van der Waals surface area contributed by atoms with E-state index >= 15 is 0 Å². The Labute approximate surface area is 142 Å². The van der Waals surface area contributed by atoms with Crippen molar-refractivity contribution in [3.8, 4) is 0 Å². The van der Waals surface area contributed by atoms with E-state index in [0.717, 1.165) is 27.9 Å². The summed E-state index contributed by atoms with van der Waals surface area (Å²) >= 11 is 0. The largest absolute Gasteiger partial charge is 0.322 e. The first-order valence-electron chi connectivity index (χ1n) is 7.80. The van der Waals surface area contributed by atoms with Gasteiger partial charge in [-0.05, 0) is 55.2 Å². The van der Waals surface area contributed by atoms with Gasteiger partial charge in [-0.15, -0.1) is 0 Å². The van der Waals surface area contributed by atoms with Crippen LogP contribution in [0.25, 0.3) is 6.08 Å². The van der Waals surface area contributed by atoms with Crippen LogP contribution in [0.15, 0.2) is 48.2 Å². The number of carbonyl (C=O) groups excluding carboxylic acids is 2. The van der Waals surface area contributed by atoms with Gasteiger partial charge in [0.2, 0.25) is 5.91 Å². The Kier molecular flexibility index (Phi) is 5.53. The second-order valence-corrected chi connectivity index (χ2v) is 5.87. The van der Waals surface area contributed by atoms with Gasteiger partial charge in [-0.3, -0.25) is 9.59 Å². The highest BCUT2D eigenvalue weighted by Crippen LogP contribution is 2.18. The Hall–Kier alpha value is -2.88. The molecule has 0 saturated carbocycles.